The SMILES string of the molecule is CC(OCc1ccccc1)C(NC(=O)OC(C)(C)C)C(=O)NC1COC2CC(n3cc(F)c(=O)[nH]c3=O)OC12. The van der Waals surface area contributed by atoms with Crippen molar-refractivity contribution in [3.63, 3.8) is 0 Å². The lowest BCUT2D eigenvalue weighted by Gasteiger charge is -2.28. The summed E-state index contributed by atoms with van der Waals surface area (Å²) in [4.78, 5) is 51.4. The number of aromatic nitrogens is 2. The van der Waals surface area contributed by atoms with Crippen LogP contribution >= 0.6 is 0 Å². The molecule has 2 amide bonds. The van der Waals surface area contributed by atoms with Crippen molar-refractivity contribution in [2.24, 2.45) is 0 Å². The van der Waals surface area contributed by atoms with E-state index in [2.05, 4.69) is 10.6 Å². The Labute approximate surface area is 223 Å². The lowest BCUT2D eigenvalue weighted by atomic mass is 10.1. The fourth-order valence-corrected chi connectivity index (χ4v) is 4.48. The maximum absolute atomic E-state index is 13.8. The number of hydrogen-bond acceptors (Lipinski definition) is 8. The zero-order valence-corrected chi connectivity index (χ0v) is 22.1. The van der Waals surface area contributed by atoms with Crippen LogP contribution in [0.25, 0.3) is 0 Å². The maximum atomic E-state index is 13.8. The summed E-state index contributed by atoms with van der Waals surface area (Å²) in [5.74, 6) is -1.67. The molecule has 6 unspecified atom stereocenters. The number of benzene rings is 1. The number of H-pyrrole nitrogens is 1. The highest BCUT2D eigenvalue weighted by molar-refractivity contribution is 5.86. The zero-order valence-electron chi connectivity index (χ0n) is 22.1. The molecule has 212 valence electrons. The minimum atomic E-state index is -1.12. The Morgan fingerprint density at radius 3 is 2.64 bits per heavy atom. The summed E-state index contributed by atoms with van der Waals surface area (Å²) in [5, 5.41) is 5.44. The minimum Gasteiger partial charge on any atom is -0.444 e. The van der Waals surface area contributed by atoms with E-state index in [1.54, 1.807) is 27.7 Å². The van der Waals surface area contributed by atoms with Crippen LogP contribution in [0.15, 0.2) is 46.1 Å². The molecule has 3 N–H and O–H groups in total. The van der Waals surface area contributed by atoms with E-state index in [1.165, 1.54) is 0 Å². The van der Waals surface area contributed by atoms with E-state index in [4.69, 9.17) is 18.9 Å². The van der Waals surface area contributed by atoms with E-state index in [1.807, 2.05) is 35.3 Å². The monoisotopic (exact) mass is 548 g/mol. The van der Waals surface area contributed by atoms with Crippen molar-refractivity contribution in [2.45, 2.75) is 82.9 Å². The Morgan fingerprint density at radius 2 is 1.95 bits per heavy atom. The molecular weight excluding hydrogens is 515 g/mol. The summed E-state index contributed by atoms with van der Waals surface area (Å²) in [5.41, 5.74) is -1.83. The van der Waals surface area contributed by atoms with Crippen molar-refractivity contribution in [2.75, 3.05) is 6.61 Å². The smallest absolute Gasteiger partial charge is 0.408 e. The van der Waals surface area contributed by atoms with Crippen molar-refractivity contribution in [1.29, 1.82) is 0 Å². The molecule has 13 heteroatoms. The first-order valence-electron chi connectivity index (χ1n) is 12.6. The fraction of sp³-hybridized carbons (Fsp3) is 0.538. The van der Waals surface area contributed by atoms with E-state index in [9.17, 15) is 23.6 Å². The standard InChI is InChI=1S/C26H33FN4O8/c1-14(36-12-15-8-6-5-7-9-15)20(29-25(35)39-26(2,3)4)23(33)28-17-13-37-18-10-19(38-21(17)18)31-11-16(27)22(32)30-24(31)34/h5-9,11,14,17-21H,10,12-13H2,1-4H3,(H,28,33)(H,29,35)(H,30,32,34). The van der Waals surface area contributed by atoms with E-state index >= 15 is 0 Å². The largest absolute Gasteiger partial charge is 0.444 e. The second-order valence-corrected chi connectivity index (χ2v) is 10.5. The van der Waals surface area contributed by atoms with Crippen molar-refractivity contribution < 1.29 is 32.9 Å². The Balaban J connectivity index is 1.44. The number of halogens is 1. The van der Waals surface area contributed by atoms with Gasteiger partial charge in [-0.15, -0.1) is 0 Å². The highest BCUT2D eigenvalue weighted by Crippen LogP contribution is 2.35. The molecule has 0 saturated carbocycles. The van der Waals surface area contributed by atoms with Crippen LogP contribution in [-0.2, 0) is 30.3 Å². The van der Waals surface area contributed by atoms with Crippen LogP contribution in [0.5, 0.6) is 0 Å². The number of fused-ring (bicyclic) bond motifs is 1. The molecule has 2 saturated heterocycles. The van der Waals surface area contributed by atoms with E-state index in [0.29, 0.717) is 0 Å². The molecule has 3 heterocycles. The number of carbonyl (C=O) groups is 2. The normalized spacial score (nSPS) is 24.0. The molecule has 39 heavy (non-hydrogen) atoms. The molecule has 0 bridgehead atoms. The van der Waals surface area contributed by atoms with Gasteiger partial charge < -0.3 is 29.6 Å². The van der Waals surface area contributed by atoms with Gasteiger partial charge >= 0.3 is 11.8 Å². The Kier molecular flexibility index (Phi) is 8.52. The Bertz CT molecular complexity index is 1290. The number of rotatable bonds is 8. The molecule has 12 nitrogen and oxygen atoms in total. The predicted molar refractivity (Wildman–Crippen MR) is 135 cm³/mol. The lowest BCUT2D eigenvalue weighted by molar-refractivity contribution is -0.129. The molecule has 4 rings (SSSR count). The number of ether oxygens (including phenoxy) is 4. The summed E-state index contributed by atoms with van der Waals surface area (Å²) in [7, 11) is 0. The number of amides is 2. The number of nitrogens with one attached hydrogen (secondary N) is 3. The van der Waals surface area contributed by atoms with Gasteiger partial charge in [0.05, 0.1) is 37.7 Å². The first-order chi connectivity index (χ1) is 18.4. The molecule has 2 aliphatic heterocycles. The average Bonchev–Trinajstić information content (AvgIpc) is 3.44. The molecule has 1 aromatic carbocycles. The zero-order chi connectivity index (χ0) is 28.3. The molecule has 0 radical (unpaired) electrons. The van der Waals surface area contributed by atoms with Gasteiger partial charge in [0, 0.05) is 6.42 Å². The average molecular weight is 549 g/mol. The van der Waals surface area contributed by atoms with Crippen LogP contribution in [0.3, 0.4) is 0 Å². The number of aromatic amines is 1. The molecule has 2 fully saturated rings. The van der Waals surface area contributed by atoms with E-state index in [0.717, 1.165) is 16.3 Å². The number of alkyl carbamates (subject to hydrolysis) is 1. The lowest BCUT2D eigenvalue weighted by Crippen LogP contribution is -2.57. The van der Waals surface area contributed by atoms with Gasteiger partial charge in [-0.25, -0.2) is 9.59 Å². The third-order valence-electron chi connectivity index (χ3n) is 6.34. The van der Waals surface area contributed by atoms with Crippen LogP contribution in [0.4, 0.5) is 9.18 Å². The van der Waals surface area contributed by atoms with Crippen molar-refractivity contribution in [3.8, 4) is 0 Å². The number of hydrogen-bond donors (Lipinski definition) is 3. The highest BCUT2D eigenvalue weighted by atomic mass is 19.1. The fourth-order valence-electron chi connectivity index (χ4n) is 4.48. The Hall–Kier alpha value is -3.55. The topological polar surface area (TPSA) is 150 Å². The van der Waals surface area contributed by atoms with Gasteiger partial charge in [0.25, 0.3) is 5.56 Å². The van der Waals surface area contributed by atoms with Crippen LogP contribution in [0, 0.1) is 5.82 Å². The van der Waals surface area contributed by atoms with Gasteiger partial charge in [0.2, 0.25) is 11.7 Å². The van der Waals surface area contributed by atoms with Crippen molar-refractivity contribution in [1.82, 2.24) is 20.2 Å². The van der Waals surface area contributed by atoms with Gasteiger partial charge in [0.15, 0.2) is 0 Å². The third kappa shape index (κ3) is 7.11. The summed E-state index contributed by atoms with van der Waals surface area (Å²) in [6, 6.07) is 7.64. The molecule has 2 aliphatic rings. The first kappa shape index (κ1) is 28.5. The quantitative estimate of drug-likeness (QED) is 0.448. The van der Waals surface area contributed by atoms with E-state index < -0.39 is 71.3 Å². The minimum absolute atomic E-state index is 0.126. The Morgan fingerprint density at radius 1 is 1.23 bits per heavy atom. The van der Waals surface area contributed by atoms with Crippen LogP contribution in [0.2, 0.25) is 0 Å². The van der Waals surface area contributed by atoms with Gasteiger partial charge in [-0.1, -0.05) is 30.3 Å². The molecule has 0 aliphatic carbocycles. The summed E-state index contributed by atoms with van der Waals surface area (Å²) in [6.45, 7) is 7.13. The second kappa shape index (κ2) is 11.7. The molecule has 0 spiro atoms. The predicted octanol–water partition coefficient (Wildman–Crippen LogP) is 1.35. The summed E-state index contributed by atoms with van der Waals surface area (Å²) in [6.07, 6.45) is -2.56. The summed E-state index contributed by atoms with van der Waals surface area (Å²) < 4.78 is 37.7. The van der Waals surface area contributed by atoms with Gasteiger partial charge in [0.1, 0.15) is 24.0 Å². The van der Waals surface area contributed by atoms with Gasteiger partial charge in [-0.05, 0) is 33.3 Å². The van der Waals surface area contributed by atoms with Crippen molar-refractivity contribution in [3.05, 3.63) is 68.7 Å². The molecule has 2 aromatic rings. The van der Waals surface area contributed by atoms with Gasteiger partial charge in [-0.2, -0.15) is 4.39 Å². The maximum Gasteiger partial charge on any atom is 0.408 e. The molecular formula is C26H33FN4O8. The van der Waals surface area contributed by atoms with Gasteiger partial charge in [-0.3, -0.25) is 19.1 Å². The molecule has 1 aromatic heterocycles. The number of carbonyl (C=O) groups excluding carboxylic acids is 2. The van der Waals surface area contributed by atoms with Crippen LogP contribution < -0.4 is 21.9 Å². The van der Waals surface area contributed by atoms with Crippen LogP contribution in [-0.4, -0.2) is 64.2 Å². The molecule has 6 atom stereocenters. The van der Waals surface area contributed by atoms with Crippen molar-refractivity contribution >= 4 is 12.0 Å². The van der Waals surface area contributed by atoms with Crippen LogP contribution in [0.1, 0.15) is 45.9 Å². The number of nitrogens with zero attached hydrogens (tertiary/aromatic N) is 1. The highest BCUT2D eigenvalue weighted by Gasteiger charge is 2.48. The second-order valence-electron chi connectivity index (χ2n) is 10.5. The van der Waals surface area contributed by atoms with E-state index in [-0.39, 0.29) is 19.6 Å². The first-order valence-corrected chi connectivity index (χ1v) is 12.6. The summed E-state index contributed by atoms with van der Waals surface area (Å²) >= 11 is 0. The third-order valence-corrected chi connectivity index (χ3v) is 6.34.